The predicted molar refractivity (Wildman–Crippen MR) is 103 cm³/mol. The summed E-state index contributed by atoms with van der Waals surface area (Å²) in [4.78, 5) is 29.0. The molecule has 2 aromatic heterocycles. The molecule has 4 aromatic rings. The Morgan fingerprint density at radius 2 is 1.88 bits per heavy atom. The maximum absolute atomic E-state index is 12.4. The summed E-state index contributed by atoms with van der Waals surface area (Å²) in [5.41, 5.74) is 2.41. The number of amides is 1. The van der Waals surface area contributed by atoms with E-state index in [1.807, 2.05) is 43.3 Å². The van der Waals surface area contributed by atoms with Crippen LogP contribution >= 0.6 is 11.3 Å². The molecule has 0 aliphatic rings. The first-order valence-corrected chi connectivity index (χ1v) is 8.85. The molecule has 5 nitrogen and oxygen atoms in total. The Labute approximate surface area is 152 Å². The molecule has 0 aliphatic heterocycles. The maximum atomic E-state index is 12.4. The van der Waals surface area contributed by atoms with Gasteiger partial charge in [0.2, 0.25) is 0 Å². The standard InChI is InChI=1S/C20H14N2O3S/c1-12-6-2-4-8-14(12)18(23)22-20-21-16(11-26-20)15-10-13-7-3-5-9-17(13)25-19(15)24/h2-11H,1H3,(H,21,22,23). The van der Waals surface area contributed by atoms with Gasteiger partial charge in [-0.05, 0) is 30.7 Å². The van der Waals surface area contributed by atoms with Gasteiger partial charge in [-0.1, -0.05) is 36.4 Å². The summed E-state index contributed by atoms with van der Waals surface area (Å²) in [7, 11) is 0. The Bertz CT molecular complexity index is 1180. The molecule has 1 N–H and O–H groups in total. The van der Waals surface area contributed by atoms with Crippen molar-refractivity contribution in [2.24, 2.45) is 0 Å². The molecule has 2 aromatic carbocycles. The van der Waals surface area contributed by atoms with E-state index in [0.29, 0.717) is 27.5 Å². The summed E-state index contributed by atoms with van der Waals surface area (Å²) in [5.74, 6) is -0.227. The largest absolute Gasteiger partial charge is 0.422 e. The van der Waals surface area contributed by atoms with Crippen LogP contribution in [0.2, 0.25) is 0 Å². The van der Waals surface area contributed by atoms with Crippen LogP contribution in [0.3, 0.4) is 0 Å². The van der Waals surface area contributed by atoms with Gasteiger partial charge in [0, 0.05) is 16.3 Å². The molecule has 0 aliphatic carbocycles. The summed E-state index contributed by atoms with van der Waals surface area (Å²) in [6.45, 7) is 1.88. The zero-order valence-corrected chi connectivity index (χ0v) is 14.7. The molecule has 6 heteroatoms. The lowest BCUT2D eigenvalue weighted by molar-refractivity contribution is 0.102. The molecule has 0 spiro atoms. The van der Waals surface area contributed by atoms with Crippen LogP contribution < -0.4 is 10.9 Å². The van der Waals surface area contributed by atoms with Crippen LogP contribution in [0.4, 0.5) is 5.13 Å². The number of nitrogens with zero attached hydrogens (tertiary/aromatic N) is 1. The van der Waals surface area contributed by atoms with E-state index in [1.165, 1.54) is 11.3 Å². The first-order chi connectivity index (χ1) is 12.6. The lowest BCUT2D eigenvalue weighted by Gasteiger charge is -2.04. The highest BCUT2D eigenvalue weighted by molar-refractivity contribution is 7.14. The second-order valence-electron chi connectivity index (χ2n) is 5.79. The highest BCUT2D eigenvalue weighted by Crippen LogP contribution is 2.25. The molecule has 1 amide bonds. The van der Waals surface area contributed by atoms with Gasteiger partial charge in [-0.25, -0.2) is 9.78 Å². The van der Waals surface area contributed by atoms with E-state index in [2.05, 4.69) is 10.3 Å². The third-order valence-corrected chi connectivity index (χ3v) is 4.79. The first kappa shape index (κ1) is 16.2. The van der Waals surface area contributed by atoms with Crippen LogP contribution in [-0.4, -0.2) is 10.9 Å². The van der Waals surface area contributed by atoms with Crippen molar-refractivity contribution in [3.05, 3.63) is 81.5 Å². The van der Waals surface area contributed by atoms with E-state index in [0.717, 1.165) is 10.9 Å². The fourth-order valence-corrected chi connectivity index (χ4v) is 3.39. The molecular weight excluding hydrogens is 348 g/mol. The average molecular weight is 362 g/mol. The minimum atomic E-state index is -0.453. The van der Waals surface area contributed by atoms with Gasteiger partial charge in [-0.15, -0.1) is 11.3 Å². The molecule has 128 valence electrons. The summed E-state index contributed by atoms with van der Waals surface area (Å²) in [6.07, 6.45) is 0. The lowest BCUT2D eigenvalue weighted by atomic mass is 10.1. The monoisotopic (exact) mass is 362 g/mol. The van der Waals surface area contributed by atoms with E-state index in [9.17, 15) is 9.59 Å². The quantitative estimate of drug-likeness (QED) is 0.546. The van der Waals surface area contributed by atoms with E-state index in [1.54, 1.807) is 23.6 Å². The third kappa shape index (κ3) is 3.02. The van der Waals surface area contributed by atoms with Gasteiger partial charge >= 0.3 is 5.63 Å². The number of para-hydroxylation sites is 1. The number of aromatic nitrogens is 1. The minimum absolute atomic E-state index is 0.227. The molecule has 0 unspecified atom stereocenters. The van der Waals surface area contributed by atoms with E-state index in [-0.39, 0.29) is 5.91 Å². The molecule has 2 heterocycles. The smallest absolute Gasteiger partial charge is 0.345 e. The second kappa shape index (κ2) is 6.57. The van der Waals surface area contributed by atoms with Crippen molar-refractivity contribution in [1.82, 2.24) is 4.98 Å². The fraction of sp³-hybridized carbons (Fsp3) is 0.0500. The number of aryl methyl sites for hydroxylation is 1. The number of anilines is 1. The molecule has 0 bridgehead atoms. The van der Waals surface area contributed by atoms with Crippen LogP contribution in [0.1, 0.15) is 15.9 Å². The van der Waals surface area contributed by atoms with Crippen LogP contribution in [0, 0.1) is 6.92 Å². The van der Waals surface area contributed by atoms with Crippen molar-refractivity contribution < 1.29 is 9.21 Å². The Morgan fingerprint density at radius 3 is 2.73 bits per heavy atom. The highest BCUT2D eigenvalue weighted by Gasteiger charge is 2.14. The minimum Gasteiger partial charge on any atom is -0.422 e. The molecule has 0 radical (unpaired) electrons. The number of hydrogen-bond acceptors (Lipinski definition) is 5. The van der Waals surface area contributed by atoms with Crippen LogP contribution in [0.15, 0.2) is 69.2 Å². The van der Waals surface area contributed by atoms with Gasteiger partial charge in [0.25, 0.3) is 5.91 Å². The molecule has 0 saturated carbocycles. The van der Waals surface area contributed by atoms with Crippen molar-refractivity contribution in [3.8, 4) is 11.3 Å². The Balaban J connectivity index is 1.64. The summed E-state index contributed by atoms with van der Waals surface area (Å²) >= 11 is 1.26. The fourth-order valence-electron chi connectivity index (χ4n) is 2.69. The van der Waals surface area contributed by atoms with Crippen molar-refractivity contribution in [2.75, 3.05) is 5.32 Å². The normalized spacial score (nSPS) is 10.8. The number of carbonyl (C=O) groups excluding carboxylic acids is 1. The van der Waals surface area contributed by atoms with Gasteiger partial charge in [-0.3, -0.25) is 10.1 Å². The predicted octanol–water partition coefficient (Wildman–Crippen LogP) is 4.48. The summed E-state index contributed by atoms with van der Waals surface area (Å²) < 4.78 is 5.34. The Morgan fingerprint density at radius 1 is 1.12 bits per heavy atom. The van der Waals surface area contributed by atoms with Crippen LogP contribution in [0.25, 0.3) is 22.2 Å². The van der Waals surface area contributed by atoms with Crippen molar-refractivity contribution in [3.63, 3.8) is 0 Å². The number of thiazole rings is 1. The number of rotatable bonds is 3. The Kier molecular flexibility index (Phi) is 4.10. The average Bonchev–Trinajstić information content (AvgIpc) is 3.09. The van der Waals surface area contributed by atoms with E-state index in [4.69, 9.17) is 4.42 Å². The van der Waals surface area contributed by atoms with E-state index >= 15 is 0 Å². The van der Waals surface area contributed by atoms with Crippen molar-refractivity contribution in [2.45, 2.75) is 6.92 Å². The van der Waals surface area contributed by atoms with Crippen LogP contribution in [-0.2, 0) is 0 Å². The van der Waals surface area contributed by atoms with Gasteiger partial charge < -0.3 is 4.42 Å². The van der Waals surface area contributed by atoms with Gasteiger partial charge in [0.15, 0.2) is 5.13 Å². The van der Waals surface area contributed by atoms with Crippen LogP contribution in [0.5, 0.6) is 0 Å². The number of benzene rings is 2. The number of carbonyl (C=O) groups is 1. The summed E-state index contributed by atoms with van der Waals surface area (Å²) in [6, 6.07) is 16.4. The first-order valence-electron chi connectivity index (χ1n) is 7.97. The second-order valence-corrected chi connectivity index (χ2v) is 6.65. The SMILES string of the molecule is Cc1ccccc1C(=O)Nc1nc(-c2cc3ccccc3oc2=O)cs1. The van der Waals surface area contributed by atoms with Gasteiger partial charge in [0.1, 0.15) is 5.58 Å². The molecule has 26 heavy (non-hydrogen) atoms. The third-order valence-electron chi connectivity index (χ3n) is 4.03. The molecular formula is C20H14N2O3S. The van der Waals surface area contributed by atoms with Crippen molar-refractivity contribution in [1.29, 1.82) is 0 Å². The number of nitrogens with one attached hydrogen (secondary N) is 1. The van der Waals surface area contributed by atoms with E-state index < -0.39 is 5.63 Å². The molecule has 0 saturated heterocycles. The van der Waals surface area contributed by atoms with Crippen molar-refractivity contribution >= 4 is 33.3 Å². The van der Waals surface area contributed by atoms with Gasteiger partial charge in [0.05, 0.1) is 11.3 Å². The van der Waals surface area contributed by atoms with Gasteiger partial charge in [-0.2, -0.15) is 0 Å². The zero-order valence-electron chi connectivity index (χ0n) is 13.9. The number of hydrogen-bond donors (Lipinski definition) is 1. The number of fused-ring (bicyclic) bond motifs is 1. The highest BCUT2D eigenvalue weighted by atomic mass is 32.1. The molecule has 4 rings (SSSR count). The molecule has 0 fully saturated rings. The molecule has 0 atom stereocenters. The maximum Gasteiger partial charge on any atom is 0.345 e. The zero-order chi connectivity index (χ0) is 18.1. The Hall–Kier alpha value is -3.25. The topological polar surface area (TPSA) is 72.2 Å². The lowest BCUT2D eigenvalue weighted by Crippen LogP contribution is -2.13. The summed E-state index contributed by atoms with van der Waals surface area (Å²) in [5, 5.41) is 5.76.